The topological polar surface area (TPSA) is 97.4 Å². The number of rotatable bonds is 6. The molecule has 1 aliphatic rings. The molecule has 0 aromatic carbocycles. The summed E-state index contributed by atoms with van der Waals surface area (Å²) in [4.78, 5) is 33.9. The number of hydrogen-bond donors (Lipinski definition) is 0. The molecule has 20 heavy (non-hydrogen) atoms. The summed E-state index contributed by atoms with van der Waals surface area (Å²) in [5.41, 5.74) is 0. The number of carbonyl (C=O) groups excluding carboxylic acids is 3. The van der Waals surface area contributed by atoms with Crippen LogP contribution < -0.4 is 0 Å². The smallest absolute Gasteiger partial charge is 0.315 e. The van der Waals surface area contributed by atoms with Gasteiger partial charge in [0.15, 0.2) is 12.2 Å². The van der Waals surface area contributed by atoms with Gasteiger partial charge in [0, 0.05) is 21.0 Å². The van der Waals surface area contributed by atoms with E-state index in [0.29, 0.717) is 0 Å². The van der Waals surface area contributed by atoms with Crippen LogP contribution >= 0.6 is 0 Å². The minimum Gasteiger partial charge on any atom is -0.469 e. The standard InChI is InChI=1S/C12H18O8/c1-6(13)19-10-8(12(15)17-4)9(18-5-16-3)11(10)20-7(2)14/h8-11H,5H2,1-4H3. The van der Waals surface area contributed by atoms with Crippen molar-refractivity contribution in [2.45, 2.75) is 32.2 Å². The molecular formula is C12H18O8. The summed E-state index contributed by atoms with van der Waals surface area (Å²) in [7, 11) is 2.62. The fourth-order valence-electron chi connectivity index (χ4n) is 2.04. The van der Waals surface area contributed by atoms with Gasteiger partial charge in [-0.2, -0.15) is 0 Å². The van der Waals surface area contributed by atoms with Gasteiger partial charge in [-0.1, -0.05) is 0 Å². The van der Waals surface area contributed by atoms with Crippen LogP contribution in [0.4, 0.5) is 0 Å². The van der Waals surface area contributed by atoms with E-state index in [9.17, 15) is 14.4 Å². The van der Waals surface area contributed by atoms with E-state index < -0.39 is 42.1 Å². The van der Waals surface area contributed by atoms with Crippen molar-refractivity contribution in [3.05, 3.63) is 0 Å². The van der Waals surface area contributed by atoms with Gasteiger partial charge in [-0.05, 0) is 0 Å². The lowest BCUT2D eigenvalue weighted by Crippen LogP contribution is -2.66. The van der Waals surface area contributed by atoms with Crippen molar-refractivity contribution in [1.82, 2.24) is 0 Å². The number of carbonyl (C=O) groups is 3. The molecule has 0 N–H and O–H groups in total. The number of hydrogen-bond acceptors (Lipinski definition) is 8. The van der Waals surface area contributed by atoms with E-state index in [2.05, 4.69) is 4.74 Å². The summed E-state index contributed by atoms with van der Waals surface area (Å²) in [5.74, 6) is -2.63. The zero-order chi connectivity index (χ0) is 15.3. The van der Waals surface area contributed by atoms with Crippen LogP contribution in [0, 0.1) is 5.92 Å². The Hall–Kier alpha value is -1.67. The highest BCUT2D eigenvalue weighted by Crippen LogP contribution is 2.37. The largest absolute Gasteiger partial charge is 0.469 e. The lowest BCUT2D eigenvalue weighted by atomic mass is 9.75. The molecule has 1 fully saturated rings. The molecule has 1 aliphatic carbocycles. The van der Waals surface area contributed by atoms with Gasteiger partial charge >= 0.3 is 17.9 Å². The Morgan fingerprint density at radius 1 is 0.900 bits per heavy atom. The van der Waals surface area contributed by atoms with Crippen LogP contribution in [0.5, 0.6) is 0 Å². The number of esters is 3. The first kappa shape index (κ1) is 16.4. The van der Waals surface area contributed by atoms with E-state index >= 15 is 0 Å². The second-order valence-electron chi connectivity index (χ2n) is 4.23. The first-order valence-electron chi connectivity index (χ1n) is 5.95. The first-order chi connectivity index (χ1) is 9.42. The molecule has 8 nitrogen and oxygen atoms in total. The van der Waals surface area contributed by atoms with Crippen LogP contribution in [-0.4, -0.2) is 57.2 Å². The molecule has 0 heterocycles. The van der Waals surface area contributed by atoms with E-state index in [1.54, 1.807) is 0 Å². The van der Waals surface area contributed by atoms with Crippen molar-refractivity contribution in [3.8, 4) is 0 Å². The second kappa shape index (κ2) is 7.20. The molecule has 0 bridgehead atoms. The van der Waals surface area contributed by atoms with Gasteiger partial charge < -0.3 is 23.7 Å². The van der Waals surface area contributed by atoms with Crippen LogP contribution in [0.1, 0.15) is 13.8 Å². The summed E-state index contributed by atoms with van der Waals surface area (Å²) in [5, 5.41) is 0. The van der Waals surface area contributed by atoms with Gasteiger partial charge in [0.1, 0.15) is 18.8 Å². The van der Waals surface area contributed by atoms with Crippen LogP contribution in [0.2, 0.25) is 0 Å². The monoisotopic (exact) mass is 290 g/mol. The Morgan fingerprint density at radius 3 is 1.90 bits per heavy atom. The molecule has 0 aliphatic heterocycles. The summed E-state index contributed by atoms with van der Waals surface area (Å²) in [6.45, 7) is 2.31. The minimum absolute atomic E-state index is 0.0945. The second-order valence-corrected chi connectivity index (χ2v) is 4.23. The molecule has 8 heteroatoms. The predicted molar refractivity (Wildman–Crippen MR) is 63.4 cm³/mol. The Bertz CT molecular complexity index is 380. The van der Waals surface area contributed by atoms with Gasteiger partial charge in [-0.3, -0.25) is 14.4 Å². The molecule has 0 spiro atoms. The molecule has 0 radical (unpaired) electrons. The SMILES string of the molecule is COCOC1C(OC(C)=O)C(OC(C)=O)C1C(=O)OC. The molecule has 4 unspecified atom stereocenters. The van der Waals surface area contributed by atoms with Gasteiger partial charge in [0.2, 0.25) is 0 Å². The van der Waals surface area contributed by atoms with Crippen LogP contribution in [0.15, 0.2) is 0 Å². The Kier molecular flexibility index (Phi) is 5.90. The third-order valence-electron chi connectivity index (χ3n) is 2.81. The van der Waals surface area contributed by atoms with Gasteiger partial charge in [-0.25, -0.2) is 0 Å². The van der Waals surface area contributed by atoms with Crippen molar-refractivity contribution in [2.24, 2.45) is 5.92 Å². The molecule has 0 saturated heterocycles. The number of ether oxygens (including phenoxy) is 5. The Morgan fingerprint density at radius 2 is 1.45 bits per heavy atom. The highest BCUT2D eigenvalue weighted by Gasteiger charge is 2.60. The molecule has 114 valence electrons. The zero-order valence-corrected chi connectivity index (χ0v) is 11.8. The maximum Gasteiger partial charge on any atom is 0.315 e. The summed E-state index contributed by atoms with van der Waals surface area (Å²) >= 11 is 0. The zero-order valence-electron chi connectivity index (χ0n) is 11.8. The fraction of sp³-hybridized carbons (Fsp3) is 0.750. The van der Waals surface area contributed by atoms with E-state index in [1.165, 1.54) is 28.1 Å². The van der Waals surface area contributed by atoms with Crippen molar-refractivity contribution >= 4 is 17.9 Å². The molecule has 1 rings (SSSR count). The molecule has 1 saturated carbocycles. The summed E-state index contributed by atoms with van der Waals surface area (Å²) < 4.78 is 24.7. The van der Waals surface area contributed by atoms with Crippen molar-refractivity contribution in [1.29, 1.82) is 0 Å². The van der Waals surface area contributed by atoms with Gasteiger partial charge in [-0.15, -0.1) is 0 Å². The van der Waals surface area contributed by atoms with Gasteiger partial charge in [0.05, 0.1) is 7.11 Å². The first-order valence-corrected chi connectivity index (χ1v) is 5.95. The van der Waals surface area contributed by atoms with Crippen LogP contribution in [-0.2, 0) is 38.1 Å². The molecule has 4 atom stereocenters. The Labute approximate surface area is 116 Å². The highest BCUT2D eigenvalue weighted by molar-refractivity contribution is 5.77. The van der Waals surface area contributed by atoms with Crippen molar-refractivity contribution < 1.29 is 38.1 Å². The molecule has 0 aromatic rings. The average molecular weight is 290 g/mol. The fourth-order valence-corrected chi connectivity index (χ4v) is 2.04. The molecule has 0 amide bonds. The summed E-state index contributed by atoms with van der Waals surface area (Å²) in [6.07, 6.45) is -2.57. The lowest BCUT2D eigenvalue weighted by molar-refractivity contribution is -0.255. The molecule has 0 aromatic heterocycles. The predicted octanol–water partition coefficient (Wildman–Crippen LogP) is -0.358. The lowest BCUT2D eigenvalue weighted by Gasteiger charge is -2.46. The third kappa shape index (κ3) is 3.67. The van der Waals surface area contributed by atoms with E-state index in [0.717, 1.165) is 0 Å². The van der Waals surface area contributed by atoms with E-state index in [-0.39, 0.29) is 6.79 Å². The maximum atomic E-state index is 11.7. The van der Waals surface area contributed by atoms with E-state index in [4.69, 9.17) is 18.9 Å². The summed E-state index contributed by atoms with van der Waals surface area (Å²) in [6, 6.07) is 0. The van der Waals surface area contributed by atoms with E-state index in [1.807, 2.05) is 0 Å². The Balaban J connectivity index is 2.86. The van der Waals surface area contributed by atoms with Crippen molar-refractivity contribution in [2.75, 3.05) is 21.0 Å². The maximum absolute atomic E-state index is 11.7. The number of methoxy groups -OCH3 is 2. The quantitative estimate of drug-likeness (QED) is 0.372. The minimum atomic E-state index is -0.925. The average Bonchev–Trinajstić information content (AvgIpc) is 2.37. The van der Waals surface area contributed by atoms with Crippen molar-refractivity contribution in [3.63, 3.8) is 0 Å². The highest BCUT2D eigenvalue weighted by atomic mass is 16.7. The van der Waals surface area contributed by atoms with Crippen LogP contribution in [0.3, 0.4) is 0 Å². The normalized spacial score (nSPS) is 28.2. The molecular weight excluding hydrogens is 272 g/mol. The third-order valence-corrected chi connectivity index (χ3v) is 2.81. The van der Waals surface area contributed by atoms with Crippen LogP contribution in [0.25, 0.3) is 0 Å². The van der Waals surface area contributed by atoms with Gasteiger partial charge in [0.25, 0.3) is 0 Å².